The summed E-state index contributed by atoms with van der Waals surface area (Å²) in [4.78, 5) is 4.73. The molecule has 4 aromatic carbocycles. The van der Waals surface area contributed by atoms with Gasteiger partial charge >= 0.3 is 0 Å². The standard InChI is InChI=1S/C26H20N2O/c1-18-15-16-21-20-11-5-8-14-24(20)29-26(21)25(18)28-17-27(19-9-3-2-4-10-19)22-12-6-7-13-23(22)28/h2-16H,17H2,1H3. The molecule has 0 saturated heterocycles. The van der Waals surface area contributed by atoms with Crippen LogP contribution in [0.15, 0.2) is 95.4 Å². The van der Waals surface area contributed by atoms with Gasteiger partial charge in [0.25, 0.3) is 0 Å². The summed E-state index contributed by atoms with van der Waals surface area (Å²) in [5, 5.41) is 2.33. The number of anilines is 4. The molecule has 29 heavy (non-hydrogen) atoms. The zero-order chi connectivity index (χ0) is 19.4. The average Bonchev–Trinajstić information content (AvgIpc) is 3.33. The van der Waals surface area contributed by atoms with Crippen molar-refractivity contribution in [1.82, 2.24) is 0 Å². The van der Waals surface area contributed by atoms with Crippen molar-refractivity contribution in [3.05, 3.63) is 96.6 Å². The van der Waals surface area contributed by atoms with Crippen LogP contribution in [0.4, 0.5) is 22.7 Å². The molecule has 1 aliphatic rings. The van der Waals surface area contributed by atoms with Crippen molar-refractivity contribution in [2.24, 2.45) is 0 Å². The van der Waals surface area contributed by atoms with Crippen LogP contribution in [0.2, 0.25) is 0 Å². The zero-order valence-corrected chi connectivity index (χ0v) is 16.2. The molecule has 1 aromatic heterocycles. The Labute approximate surface area is 169 Å². The van der Waals surface area contributed by atoms with Gasteiger partial charge in [-0.05, 0) is 42.8 Å². The van der Waals surface area contributed by atoms with Crippen molar-refractivity contribution >= 4 is 44.7 Å². The van der Waals surface area contributed by atoms with Gasteiger partial charge in [0.1, 0.15) is 12.3 Å². The predicted octanol–water partition coefficient (Wildman–Crippen LogP) is 7.14. The van der Waals surface area contributed by atoms with Crippen LogP contribution in [0.1, 0.15) is 5.56 Å². The van der Waals surface area contributed by atoms with Crippen LogP contribution in [0.3, 0.4) is 0 Å². The lowest BCUT2D eigenvalue weighted by atomic mass is 10.1. The van der Waals surface area contributed by atoms with Crippen molar-refractivity contribution in [1.29, 1.82) is 0 Å². The van der Waals surface area contributed by atoms with Crippen molar-refractivity contribution in [3.63, 3.8) is 0 Å². The molecule has 3 nitrogen and oxygen atoms in total. The maximum absolute atomic E-state index is 6.37. The van der Waals surface area contributed by atoms with E-state index in [1.54, 1.807) is 0 Å². The molecule has 0 bridgehead atoms. The van der Waals surface area contributed by atoms with Gasteiger partial charge in [-0.15, -0.1) is 0 Å². The third-order valence-electron chi connectivity index (χ3n) is 5.81. The summed E-state index contributed by atoms with van der Waals surface area (Å²) in [6.07, 6.45) is 0. The molecule has 0 radical (unpaired) electrons. The highest BCUT2D eigenvalue weighted by Crippen LogP contribution is 2.47. The molecule has 0 aliphatic carbocycles. The number of benzene rings is 4. The summed E-state index contributed by atoms with van der Waals surface area (Å²) >= 11 is 0. The highest BCUT2D eigenvalue weighted by atomic mass is 16.3. The normalized spacial score (nSPS) is 13.4. The van der Waals surface area contributed by atoms with E-state index in [9.17, 15) is 0 Å². The van der Waals surface area contributed by atoms with Gasteiger partial charge in [0.05, 0.1) is 17.1 Å². The van der Waals surface area contributed by atoms with Crippen LogP contribution in [0.25, 0.3) is 21.9 Å². The predicted molar refractivity (Wildman–Crippen MR) is 120 cm³/mol. The Bertz CT molecular complexity index is 1350. The van der Waals surface area contributed by atoms with E-state index in [1.807, 2.05) is 12.1 Å². The SMILES string of the molecule is Cc1ccc2c(oc3ccccc32)c1N1CN(c2ccccc2)c2ccccc21. The number of fused-ring (bicyclic) bond motifs is 4. The summed E-state index contributed by atoms with van der Waals surface area (Å²) in [5.74, 6) is 0. The molecule has 0 fully saturated rings. The highest BCUT2D eigenvalue weighted by Gasteiger charge is 2.30. The Morgan fingerprint density at radius 1 is 0.655 bits per heavy atom. The maximum atomic E-state index is 6.37. The number of furan rings is 1. The largest absolute Gasteiger partial charge is 0.454 e. The minimum atomic E-state index is 0.750. The number of aryl methyl sites for hydroxylation is 1. The Morgan fingerprint density at radius 2 is 1.34 bits per heavy atom. The van der Waals surface area contributed by atoms with E-state index >= 15 is 0 Å². The van der Waals surface area contributed by atoms with Gasteiger partial charge in [-0.3, -0.25) is 0 Å². The molecular weight excluding hydrogens is 356 g/mol. The van der Waals surface area contributed by atoms with Crippen molar-refractivity contribution < 1.29 is 4.42 Å². The lowest BCUT2D eigenvalue weighted by Crippen LogP contribution is -2.24. The molecule has 0 saturated carbocycles. The molecule has 0 atom stereocenters. The van der Waals surface area contributed by atoms with Gasteiger partial charge in [-0.1, -0.05) is 60.7 Å². The third-order valence-corrected chi connectivity index (χ3v) is 5.81. The topological polar surface area (TPSA) is 19.6 Å². The van der Waals surface area contributed by atoms with Gasteiger partial charge in [-0.25, -0.2) is 0 Å². The second-order valence-electron chi connectivity index (χ2n) is 7.53. The maximum Gasteiger partial charge on any atom is 0.159 e. The number of para-hydroxylation sites is 4. The smallest absolute Gasteiger partial charge is 0.159 e. The molecule has 5 aromatic rings. The van der Waals surface area contributed by atoms with Crippen LogP contribution >= 0.6 is 0 Å². The van der Waals surface area contributed by atoms with Gasteiger partial charge in [0, 0.05) is 16.5 Å². The van der Waals surface area contributed by atoms with Gasteiger partial charge in [-0.2, -0.15) is 0 Å². The fourth-order valence-corrected chi connectivity index (χ4v) is 4.44. The Morgan fingerprint density at radius 3 is 2.17 bits per heavy atom. The van der Waals surface area contributed by atoms with Crippen LogP contribution in [0, 0.1) is 6.92 Å². The zero-order valence-electron chi connectivity index (χ0n) is 16.2. The van der Waals surface area contributed by atoms with E-state index in [0.29, 0.717) is 0 Å². The molecule has 0 spiro atoms. The van der Waals surface area contributed by atoms with E-state index in [2.05, 4.69) is 95.6 Å². The van der Waals surface area contributed by atoms with Crippen LogP contribution in [0.5, 0.6) is 0 Å². The monoisotopic (exact) mass is 376 g/mol. The molecule has 6 rings (SSSR count). The molecule has 2 heterocycles. The Balaban J connectivity index is 1.59. The Kier molecular flexibility index (Phi) is 3.44. The van der Waals surface area contributed by atoms with Crippen LogP contribution in [-0.2, 0) is 0 Å². The average molecular weight is 376 g/mol. The van der Waals surface area contributed by atoms with Crippen molar-refractivity contribution in [2.75, 3.05) is 16.5 Å². The van der Waals surface area contributed by atoms with Gasteiger partial charge in [0.15, 0.2) is 5.58 Å². The first-order chi connectivity index (χ1) is 14.3. The molecule has 0 N–H and O–H groups in total. The van der Waals surface area contributed by atoms with Crippen molar-refractivity contribution in [3.8, 4) is 0 Å². The number of nitrogens with zero attached hydrogens (tertiary/aromatic N) is 2. The Hall–Kier alpha value is -3.72. The molecular formula is C26H20N2O. The first kappa shape index (κ1) is 16.3. The first-order valence-corrected chi connectivity index (χ1v) is 9.91. The lowest BCUT2D eigenvalue weighted by Gasteiger charge is -2.23. The summed E-state index contributed by atoms with van der Waals surface area (Å²) in [6, 6.07) is 31.8. The summed E-state index contributed by atoms with van der Waals surface area (Å²) in [7, 11) is 0. The minimum absolute atomic E-state index is 0.750. The summed E-state index contributed by atoms with van der Waals surface area (Å²) in [6.45, 7) is 2.91. The lowest BCUT2D eigenvalue weighted by molar-refractivity contribution is 0.667. The minimum Gasteiger partial charge on any atom is -0.454 e. The second-order valence-corrected chi connectivity index (χ2v) is 7.53. The molecule has 0 unspecified atom stereocenters. The number of hydrogen-bond acceptors (Lipinski definition) is 3. The van der Waals surface area contributed by atoms with Gasteiger partial charge < -0.3 is 14.2 Å². The molecule has 0 amide bonds. The van der Waals surface area contributed by atoms with E-state index in [0.717, 1.165) is 34.3 Å². The fraction of sp³-hybridized carbons (Fsp3) is 0.0769. The second kappa shape index (κ2) is 6.14. The number of hydrogen-bond donors (Lipinski definition) is 0. The molecule has 1 aliphatic heterocycles. The molecule has 140 valence electrons. The third kappa shape index (κ3) is 2.37. The van der Waals surface area contributed by atoms with Crippen LogP contribution < -0.4 is 9.80 Å². The highest BCUT2D eigenvalue weighted by molar-refractivity contribution is 6.10. The quantitative estimate of drug-likeness (QED) is 0.326. The van der Waals surface area contributed by atoms with E-state index in [-0.39, 0.29) is 0 Å². The van der Waals surface area contributed by atoms with E-state index in [1.165, 1.54) is 22.6 Å². The summed E-state index contributed by atoms with van der Waals surface area (Å²) in [5.41, 5.74) is 7.85. The van der Waals surface area contributed by atoms with Crippen molar-refractivity contribution in [2.45, 2.75) is 6.92 Å². The molecule has 3 heteroatoms. The summed E-state index contributed by atoms with van der Waals surface area (Å²) < 4.78 is 6.37. The van der Waals surface area contributed by atoms with Crippen LogP contribution in [-0.4, -0.2) is 6.67 Å². The van der Waals surface area contributed by atoms with E-state index in [4.69, 9.17) is 4.42 Å². The fourth-order valence-electron chi connectivity index (χ4n) is 4.44. The van der Waals surface area contributed by atoms with E-state index < -0.39 is 0 Å². The number of rotatable bonds is 2. The van der Waals surface area contributed by atoms with Gasteiger partial charge in [0.2, 0.25) is 0 Å². The first-order valence-electron chi connectivity index (χ1n) is 9.91.